The zero-order chi connectivity index (χ0) is 15.7. The minimum Gasteiger partial charge on any atom is -0.326 e. The van der Waals surface area contributed by atoms with Crippen LogP contribution in [0.25, 0.3) is 0 Å². The predicted molar refractivity (Wildman–Crippen MR) is 82.9 cm³/mol. The van der Waals surface area contributed by atoms with Crippen molar-refractivity contribution in [2.24, 2.45) is 0 Å². The molecule has 0 heterocycles. The smallest absolute Gasteiger partial charge is 0.294 e. The van der Waals surface area contributed by atoms with Gasteiger partial charge in [0.05, 0.1) is 4.90 Å². The zero-order valence-electron chi connectivity index (χ0n) is 12.3. The Bertz CT molecular complexity index is 555. The van der Waals surface area contributed by atoms with E-state index < -0.39 is 10.1 Å². The standard InChI is InChI=1S/C15H23NO4S/c1-2-3-4-5-6-7-11-15(17)16-13-9-8-10-14(12-13)21(18,19)20/h8-10,12H,2-7,11H2,1H3,(H,16,17)(H,18,19,20). The average Bonchev–Trinajstić information content (AvgIpc) is 2.42. The molecule has 0 aromatic heterocycles. The predicted octanol–water partition coefficient (Wildman–Crippen LogP) is 3.62. The summed E-state index contributed by atoms with van der Waals surface area (Å²) in [5, 5.41) is 2.64. The summed E-state index contributed by atoms with van der Waals surface area (Å²) in [6, 6.07) is 5.59. The third-order valence-electron chi connectivity index (χ3n) is 3.17. The summed E-state index contributed by atoms with van der Waals surface area (Å²) >= 11 is 0. The lowest BCUT2D eigenvalue weighted by molar-refractivity contribution is -0.116. The molecule has 0 bridgehead atoms. The summed E-state index contributed by atoms with van der Waals surface area (Å²) in [4.78, 5) is 11.5. The molecule has 0 fully saturated rings. The zero-order valence-corrected chi connectivity index (χ0v) is 13.2. The molecule has 0 aliphatic heterocycles. The Morgan fingerprint density at radius 3 is 2.48 bits per heavy atom. The van der Waals surface area contributed by atoms with Crippen molar-refractivity contribution < 1.29 is 17.8 Å². The molecular formula is C15H23NO4S. The molecular weight excluding hydrogens is 290 g/mol. The molecule has 0 spiro atoms. The maximum Gasteiger partial charge on any atom is 0.294 e. The topological polar surface area (TPSA) is 83.5 Å². The summed E-state index contributed by atoms with van der Waals surface area (Å²) in [6.07, 6.45) is 7.04. The molecule has 118 valence electrons. The van der Waals surface area contributed by atoms with Crippen LogP contribution in [0, 0.1) is 0 Å². The van der Waals surface area contributed by atoms with Crippen molar-refractivity contribution in [1.82, 2.24) is 0 Å². The Balaban J connectivity index is 2.38. The van der Waals surface area contributed by atoms with Crippen LogP contribution in [0.3, 0.4) is 0 Å². The second-order valence-corrected chi connectivity index (χ2v) is 6.49. The van der Waals surface area contributed by atoms with E-state index in [0.29, 0.717) is 12.1 Å². The minimum atomic E-state index is -4.24. The van der Waals surface area contributed by atoms with E-state index in [4.69, 9.17) is 4.55 Å². The molecule has 0 saturated carbocycles. The van der Waals surface area contributed by atoms with Gasteiger partial charge in [0.2, 0.25) is 5.91 Å². The fourth-order valence-corrected chi connectivity index (χ4v) is 2.55. The van der Waals surface area contributed by atoms with Crippen LogP contribution in [0.15, 0.2) is 29.2 Å². The number of carbonyl (C=O) groups excluding carboxylic acids is 1. The van der Waals surface area contributed by atoms with Crippen molar-refractivity contribution >= 4 is 21.7 Å². The molecule has 1 aromatic rings. The number of nitrogens with one attached hydrogen (secondary N) is 1. The van der Waals surface area contributed by atoms with Crippen molar-refractivity contribution in [3.8, 4) is 0 Å². The van der Waals surface area contributed by atoms with Crippen molar-refractivity contribution in [2.45, 2.75) is 56.8 Å². The van der Waals surface area contributed by atoms with Crippen LogP contribution >= 0.6 is 0 Å². The Morgan fingerprint density at radius 2 is 1.81 bits per heavy atom. The first-order chi connectivity index (χ1) is 9.93. The molecule has 1 amide bonds. The van der Waals surface area contributed by atoms with E-state index in [-0.39, 0.29) is 10.8 Å². The van der Waals surface area contributed by atoms with Crippen molar-refractivity contribution in [3.05, 3.63) is 24.3 Å². The largest absolute Gasteiger partial charge is 0.326 e. The van der Waals surface area contributed by atoms with Crippen LogP contribution in [0.1, 0.15) is 51.9 Å². The lowest BCUT2D eigenvalue weighted by Crippen LogP contribution is -2.11. The molecule has 0 aliphatic carbocycles. The summed E-state index contributed by atoms with van der Waals surface area (Å²) < 4.78 is 31.0. The van der Waals surface area contributed by atoms with Gasteiger partial charge in [0.1, 0.15) is 0 Å². The summed E-state index contributed by atoms with van der Waals surface area (Å²) in [5.41, 5.74) is 0.376. The van der Waals surface area contributed by atoms with Crippen molar-refractivity contribution in [2.75, 3.05) is 5.32 Å². The first-order valence-electron chi connectivity index (χ1n) is 7.31. The minimum absolute atomic E-state index is 0.141. The Labute approximate surface area is 126 Å². The highest BCUT2D eigenvalue weighted by Gasteiger charge is 2.10. The number of hydrogen-bond acceptors (Lipinski definition) is 3. The summed E-state index contributed by atoms with van der Waals surface area (Å²) in [6.45, 7) is 2.16. The van der Waals surface area contributed by atoms with Crippen LogP contribution in [0.4, 0.5) is 5.69 Å². The molecule has 2 N–H and O–H groups in total. The Kier molecular flexibility index (Phi) is 7.39. The number of carbonyl (C=O) groups is 1. The molecule has 1 aromatic carbocycles. The molecule has 6 heteroatoms. The quantitative estimate of drug-likeness (QED) is 0.538. The van der Waals surface area contributed by atoms with Gasteiger partial charge in [-0.2, -0.15) is 8.42 Å². The van der Waals surface area contributed by atoms with Gasteiger partial charge >= 0.3 is 0 Å². The number of hydrogen-bond donors (Lipinski definition) is 2. The van der Waals surface area contributed by atoms with E-state index in [1.54, 1.807) is 6.07 Å². The highest BCUT2D eigenvalue weighted by molar-refractivity contribution is 7.85. The number of benzene rings is 1. The van der Waals surface area contributed by atoms with Gasteiger partial charge in [-0.1, -0.05) is 45.1 Å². The van der Waals surface area contributed by atoms with Gasteiger partial charge in [0, 0.05) is 12.1 Å². The second-order valence-electron chi connectivity index (χ2n) is 5.07. The molecule has 5 nitrogen and oxygen atoms in total. The first-order valence-corrected chi connectivity index (χ1v) is 8.75. The first kappa shape index (κ1) is 17.7. The SMILES string of the molecule is CCCCCCCCC(=O)Nc1cccc(S(=O)(=O)O)c1. The van der Waals surface area contributed by atoms with Crippen molar-refractivity contribution in [3.63, 3.8) is 0 Å². The molecule has 0 aliphatic rings. The molecule has 1 rings (SSSR count). The molecule has 0 saturated heterocycles. The van der Waals surface area contributed by atoms with E-state index in [1.165, 1.54) is 37.5 Å². The van der Waals surface area contributed by atoms with Gasteiger partial charge in [-0.05, 0) is 24.6 Å². The third kappa shape index (κ3) is 7.24. The fraction of sp³-hybridized carbons (Fsp3) is 0.533. The van der Waals surface area contributed by atoms with Crippen LogP contribution in [-0.2, 0) is 14.9 Å². The molecule has 0 radical (unpaired) electrons. The highest BCUT2D eigenvalue weighted by Crippen LogP contribution is 2.16. The summed E-state index contributed by atoms with van der Waals surface area (Å²) in [5.74, 6) is -0.141. The number of unbranched alkanes of at least 4 members (excludes halogenated alkanes) is 5. The molecule has 0 unspecified atom stereocenters. The highest BCUT2D eigenvalue weighted by atomic mass is 32.2. The number of amides is 1. The van der Waals surface area contributed by atoms with Gasteiger partial charge in [-0.3, -0.25) is 9.35 Å². The van der Waals surface area contributed by atoms with Gasteiger partial charge in [-0.15, -0.1) is 0 Å². The van der Waals surface area contributed by atoms with Gasteiger partial charge < -0.3 is 5.32 Å². The van der Waals surface area contributed by atoms with E-state index in [0.717, 1.165) is 19.3 Å². The number of anilines is 1. The van der Waals surface area contributed by atoms with Gasteiger partial charge in [0.15, 0.2) is 0 Å². The van der Waals surface area contributed by atoms with Gasteiger partial charge in [-0.25, -0.2) is 0 Å². The Morgan fingerprint density at radius 1 is 1.14 bits per heavy atom. The fourth-order valence-electron chi connectivity index (χ4n) is 2.02. The molecule has 0 atom stereocenters. The maximum atomic E-state index is 11.7. The maximum absolute atomic E-state index is 11.7. The van der Waals surface area contributed by atoms with E-state index in [2.05, 4.69) is 12.2 Å². The summed E-state index contributed by atoms with van der Waals surface area (Å²) in [7, 11) is -4.24. The van der Waals surface area contributed by atoms with E-state index in [9.17, 15) is 13.2 Å². The van der Waals surface area contributed by atoms with Crippen LogP contribution in [-0.4, -0.2) is 18.9 Å². The molecule has 21 heavy (non-hydrogen) atoms. The van der Waals surface area contributed by atoms with E-state index in [1.807, 2.05) is 0 Å². The van der Waals surface area contributed by atoms with Crippen LogP contribution < -0.4 is 5.32 Å². The normalized spacial score (nSPS) is 11.3. The average molecular weight is 313 g/mol. The third-order valence-corrected chi connectivity index (χ3v) is 4.02. The van der Waals surface area contributed by atoms with Crippen LogP contribution in [0.2, 0.25) is 0 Å². The lowest BCUT2D eigenvalue weighted by Gasteiger charge is -2.06. The van der Waals surface area contributed by atoms with Gasteiger partial charge in [0.25, 0.3) is 10.1 Å². The lowest BCUT2D eigenvalue weighted by atomic mass is 10.1. The Hall–Kier alpha value is -1.40. The van der Waals surface area contributed by atoms with Crippen molar-refractivity contribution in [1.29, 1.82) is 0 Å². The monoisotopic (exact) mass is 313 g/mol. The number of rotatable bonds is 9. The van der Waals surface area contributed by atoms with E-state index >= 15 is 0 Å². The second kappa shape index (κ2) is 8.79. The van der Waals surface area contributed by atoms with Crippen LogP contribution in [0.5, 0.6) is 0 Å².